The lowest BCUT2D eigenvalue weighted by molar-refractivity contribution is -0.126. The Morgan fingerprint density at radius 2 is 1.87 bits per heavy atom. The van der Waals surface area contributed by atoms with Crippen molar-refractivity contribution in [2.45, 2.75) is 19.4 Å². The van der Waals surface area contributed by atoms with Crippen LogP contribution in [0.2, 0.25) is 0 Å². The van der Waals surface area contributed by atoms with Crippen LogP contribution in [0.25, 0.3) is 10.8 Å². The number of amides is 1. The molecule has 0 aliphatic carbocycles. The van der Waals surface area contributed by atoms with E-state index in [9.17, 15) is 9.18 Å². The molecule has 4 nitrogen and oxygen atoms in total. The number of carbonyl (C=O) groups excluding carboxylic acids is 1. The van der Waals surface area contributed by atoms with Gasteiger partial charge in [0.25, 0.3) is 0 Å². The van der Waals surface area contributed by atoms with Gasteiger partial charge >= 0.3 is 0 Å². The zero-order chi connectivity index (χ0) is 20.8. The molecular weight excluding hydrogens is 379 g/mol. The van der Waals surface area contributed by atoms with Gasteiger partial charge in [0.15, 0.2) is 0 Å². The number of carbonyl (C=O) groups is 1. The normalized spacial score (nSPS) is 17.0. The number of hydrogen-bond acceptors (Lipinski definition) is 3. The molecule has 0 bridgehead atoms. The second-order valence-corrected chi connectivity index (χ2v) is 7.85. The van der Waals surface area contributed by atoms with Crippen molar-refractivity contribution < 1.29 is 13.9 Å². The molecular formula is C25H27FN2O2. The standard InChI is InChI=1S/C25H27FN2O2/c26-23-10-7-19(8-11-23)17-28-14-3-6-22(18-28)25(29)27-13-15-30-24-12-9-20-4-1-2-5-21(20)16-24/h1-2,4-5,7-12,16,22H,3,6,13-15,17-18H2,(H,27,29). The molecule has 1 unspecified atom stereocenters. The second-order valence-electron chi connectivity index (χ2n) is 7.85. The van der Waals surface area contributed by atoms with E-state index >= 15 is 0 Å². The minimum atomic E-state index is -0.222. The molecule has 0 saturated carbocycles. The van der Waals surface area contributed by atoms with Crippen LogP contribution in [-0.2, 0) is 11.3 Å². The Bertz CT molecular complexity index is 990. The Labute approximate surface area is 176 Å². The first-order valence-corrected chi connectivity index (χ1v) is 10.5. The largest absolute Gasteiger partial charge is 0.492 e. The van der Waals surface area contributed by atoms with Gasteiger partial charge in [-0.1, -0.05) is 42.5 Å². The molecule has 0 aromatic heterocycles. The molecule has 1 amide bonds. The third kappa shape index (κ3) is 5.36. The van der Waals surface area contributed by atoms with Gasteiger partial charge in [-0.15, -0.1) is 0 Å². The number of nitrogens with one attached hydrogen (secondary N) is 1. The van der Waals surface area contributed by atoms with Gasteiger partial charge in [-0.3, -0.25) is 9.69 Å². The molecule has 0 spiro atoms. The molecule has 1 atom stereocenters. The van der Waals surface area contributed by atoms with E-state index in [0.717, 1.165) is 49.2 Å². The van der Waals surface area contributed by atoms with Crippen molar-refractivity contribution in [2.24, 2.45) is 5.92 Å². The maximum Gasteiger partial charge on any atom is 0.224 e. The number of benzene rings is 3. The summed E-state index contributed by atoms with van der Waals surface area (Å²) in [6.45, 7) is 3.37. The molecule has 0 radical (unpaired) electrons. The lowest BCUT2D eigenvalue weighted by Crippen LogP contribution is -2.43. The monoisotopic (exact) mass is 406 g/mol. The van der Waals surface area contributed by atoms with E-state index in [0.29, 0.717) is 13.2 Å². The zero-order valence-corrected chi connectivity index (χ0v) is 17.0. The Morgan fingerprint density at radius 1 is 1.07 bits per heavy atom. The van der Waals surface area contributed by atoms with E-state index < -0.39 is 0 Å². The van der Waals surface area contributed by atoms with E-state index in [1.807, 2.05) is 42.5 Å². The van der Waals surface area contributed by atoms with Crippen molar-refractivity contribution in [3.8, 4) is 5.75 Å². The fraction of sp³-hybridized carbons (Fsp3) is 0.320. The average Bonchev–Trinajstić information content (AvgIpc) is 2.78. The van der Waals surface area contributed by atoms with Crippen molar-refractivity contribution >= 4 is 16.7 Å². The first kappa shape index (κ1) is 20.4. The summed E-state index contributed by atoms with van der Waals surface area (Å²) >= 11 is 0. The molecule has 3 aromatic carbocycles. The number of halogens is 1. The topological polar surface area (TPSA) is 41.6 Å². The molecule has 156 valence electrons. The Morgan fingerprint density at radius 3 is 2.70 bits per heavy atom. The summed E-state index contributed by atoms with van der Waals surface area (Å²) in [7, 11) is 0. The molecule has 1 aliphatic rings. The quantitative estimate of drug-likeness (QED) is 0.592. The Balaban J connectivity index is 1.21. The van der Waals surface area contributed by atoms with Gasteiger partial charge in [0.1, 0.15) is 18.2 Å². The first-order valence-electron chi connectivity index (χ1n) is 10.5. The maximum absolute atomic E-state index is 13.1. The lowest BCUT2D eigenvalue weighted by atomic mass is 9.96. The van der Waals surface area contributed by atoms with Crippen LogP contribution in [0.1, 0.15) is 18.4 Å². The zero-order valence-electron chi connectivity index (χ0n) is 17.0. The molecule has 1 fully saturated rings. The summed E-state index contributed by atoms with van der Waals surface area (Å²) in [5.41, 5.74) is 1.07. The minimum absolute atomic E-state index is 0.0140. The molecule has 3 aromatic rings. The van der Waals surface area contributed by atoms with Gasteiger partial charge in [0, 0.05) is 13.1 Å². The minimum Gasteiger partial charge on any atom is -0.492 e. The fourth-order valence-corrected chi connectivity index (χ4v) is 4.01. The summed E-state index contributed by atoms with van der Waals surface area (Å²) in [6, 6.07) is 20.8. The van der Waals surface area contributed by atoms with Crippen LogP contribution < -0.4 is 10.1 Å². The molecule has 30 heavy (non-hydrogen) atoms. The molecule has 1 N–H and O–H groups in total. The van der Waals surface area contributed by atoms with Crippen molar-refractivity contribution in [3.05, 3.63) is 78.1 Å². The van der Waals surface area contributed by atoms with E-state index in [-0.39, 0.29) is 17.6 Å². The molecule has 1 saturated heterocycles. The highest BCUT2D eigenvalue weighted by Gasteiger charge is 2.25. The van der Waals surface area contributed by atoms with Gasteiger partial charge in [-0.25, -0.2) is 4.39 Å². The average molecular weight is 407 g/mol. The lowest BCUT2D eigenvalue weighted by Gasteiger charge is -2.32. The molecule has 1 aliphatic heterocycles. The number of ether oxygens (including phenoxy) is 1. The van der Waals surface area contributed by atoms with Gasteiger partial charge in [-0.2, -0.15) is 0 Å². The molecule has 1 heterocycles. The summed E-state index contributed by atoms with van der Waals surface area (Å²) < 4.78 is 18.9. The van der Waals surface area contributed by atoms with Crippen molar-refractivity contribution in [2.75, 3.05) is 26.2 Å². The van der Waals surface area contributed by atoms with Crippen LogP contribution in [0.4, 0.5) is 4.39 Å². The van der Waals surface area contributed by atoms with Crippen molar-refractivity contribution in [3.63, 3.8) is 0 Å². The predicted octanol–water partition coefficient (Wildman–Crippen LogP) is 4.39. The summed E-state index contributed by atoms with van der Waals surface area (Å²) in [6.07, 6.45) is 1.89. The number of piperidine rings is 1. The Kier molecular flexibility index (Phi) is 6.60. The summed E-state index contributed by atoms with van der Waals surface area (Å²) in [5, 5.41) is 5.33. The van der Waals surface area contributed by atoms with Crippen molar-refractivity contribution in [1.82, 2.24) is 10.2 Å². The molecule has 5 heteroatoms. The van der Waals surface area contributed by atoms with E-state index in [1.165, 1.54) is 17.5 Å². The second kappa shape index (κ2) is 9.72. The number of fused-ring (bicyclic) bond motifs is 1. The van der Waals surface area contributed by atoms with Crippen LogP contribution in [0.15, 0.2) is 66.7 Å². The third-order valence-electron chi connectivity index (χ3n) is 5.59. The third-order valence-corrected chi connectivity index (χ3v) is 5.59. The van der Waals surface area contributed by atoms with Crippen LogP contribution >= 0.6 is 0 Å². The SMILES string of the molecule is O=C(NCCOc1ccc2ccccc2c1)C1CCCN(Cc2ccc(F)cc2)C1. The van der Waals surface area contributed by atoms with Crippen LogP contribution in [0.3, 0.4) is 0 Å². The highest BCUT2D eigenvalue weighted by molar-refractivity contribution is 5.83. The number of likely N-dealkylation sites (tertiary alicyclic amines) is 1. The Hall–Kier alpha value is -2.92. The maximum atomic E-state index is 13.1. The van der Waals surface area contributed by atoms with Crippen LogP contribution in [0, 0.1) is 11.7 Å². The smallest absolute Gasteiger partial charge is 0.224 e. The first-order chi connectivity index (χ1) is 14.7. The number of rotatable bonds is 7. The van der Waals surface area contributed by atoms with E-state index in [1.54, 1.807) is 0 Å². The van der Waals surface area contributed by atoms with E-state index in [2.05, 4.69) is 22.3 Å². The summed E-state index contributed by atoms with van der Waals surface area (Å²) in [5.74, 6) is 0.660. The van der Waals surface area contributed by atoms with Crippen molar-refractivity contribution in [1.29, 1.82) is 0 Å². The highest BCUT2D eigenvalue weighted by Crippen LogP contribution is 2.21. The molecule has 4 rings (SSSR count). The van der Waals surface area contributed by atoms with Gasteiger partial charge < -0.3 is 10.1 Å². The summed E-state index contributed by atoms with van der Waals surface area (Å²) in [4.78, 5) is 14.9. The highest BCUT2D eigenvalue weighted by atomic mass is 19.1. The van der Waals surface area contributed by atoms with Gasteiger partial charge in [0.05, 0.1) is 12.5 Å². The van der Waals surface area contributed by atoms with Gasteiger partial charge in [-0.05, 0) is 60.0 Å². The van der Waals surface area contributed by atoms with Gasteiger partial charge in [0.2, 0.25) is 5.91 Å². The fourth-order valence-electron chi connectivity index (χ4n) is 4.01. The number of hydrogen-bond donors (Lipinski definition) is 1. The number of nitrogens with zero attached hydrogens (tertiary/aromatic N) is 1. The van der Waals surface area contributed by atoms with E-state index in [4.69, 9.17) is 4.74 Å². The predicted molar refractivity (Wildman–Crippen MR) is 117 cm³/mol. The van der Waals surface area contributed by atoms with Crippen LogP contribution in [0.5, 0.6) is 5.75 Å². The van der Waals surface area contributed by atoms with Crippen LogP contribution in [-0.4, -0.2) is 37.0 Å².